The number of anilines is 1. The summed E-state index contributed by atoms with van der Waals surface area (Å²) in [4.78, 5) is 4.17. The molecule has 2 aromatic rings. The van der Waals surface area contributed by atoms with Crippen molar-refractivity contribution in [2.75, 3.05) is 19.5 Å². The van der Waals surface area contributed by atoms with Crippen molar-refractivity contribution in [3.8, 4) is 11.6 Å². The summed E-state index contributed by atoms with van der Waals surface area (Å²) in [6.45, 7) is 0. The molecular formula is C18H21N3O2S. The minimum absolute atomic E-state index is 0.214. The summed E-state index contributed by atoms with van der Waals surface area (Å²) >= 11 is 5.45. The monoisotopic (exact) mass is 343 g/mol. The quantitative estimate of drug-likeness (QED) is 0.829. The molecule has 1 heterocycles. The van der Waals surface area contributed by atoms with Crippen LogP contribution in [-0.4, -0.2) is 24.3 Å². The number of aryl methyl sites for hydroxylation is 1. The van der Waals surface area contributed by atoms with Crippen molar-refractivity contribution in [2.24, 2.45) is 0 Å². The predicted octanol–water partition coefficient (Wildman–Crippen LogP) is 3.46. The SMILES string of the molecule is COc1ccc2c(c1)CCCC2NC(=S)Nc1ccc(OC)nc1. The molecule has 0 amide bonds. The lowest BCUT2D eigenvalue weighted by Gasteiger charge is -2.28. The van der Waals surface area contributed by atoms with Crippen LogP contribution in [0.25, 0.3) is 0 Å². The second kappa shape index (κ2) is 7.49. The molecule has 1 aromatic heterocycles. The molecule has 0 saturated heterocycles. The van der Waals surface area contributed by atoms with Gasteiger partial charge in [-0.2, -0.15) is 0 Å². The predicted molar refractivity (Wildman–Crippen MR) is 98.8 cm³/mol. The van der Waals surface area contributed by atoms with Gasteiger partial charge in [-0.3, -0.25) is 0 Å². The van der Waals surface area contributed by atoms with E-state index in [2.05, 4.69) is 27.8 Å². The van der Waals surface area contributed by atoms with Crippen molar-refractivity contribution >= 4 is 23.0 Å². The lowest BCUT2D eigenvalue weighted by molar-refractivity contribution is 0.398. The van der Waals surface area contributed by atoms with Crippen molar-refractivity contribution in [1.29, 1.82) is 0 Å². The Hall–Kier alpha value is -2.34. The third-order valence-electron chi connectivity index (χ3n) is 4.17. The normalized spacial score (nSPS) is 16.0. The zero-order valence-electron chi connectivity index (χ0n) is 13.8. The highest BCUT2D eigenvalue weighted by Gasteiger charge is 2.21. The van der Waals surface area contributed by atoms with Crippen molar-refractivity contribution in [2.45, 2.75) is 25.3 Å². The van der Waals surface area contributed by atoms with Gasteiger partial charge in [-0.05, 0) is 60.8 Å². The Morgan fingerprint density at radius 1 is 1.21 bits per heavy atom. The zero-order chi connectivity index (χ0) is 16.9. The van der Waals surface area contributed by atoms with E-state index >= 15 is 0 Å². The Kier molecular flexibility index (Phi) is 5.15. The number of aromatic nitrogens is 1. The smallest absolute Gasteiger partial charge is 0.213 e. The van der Waals surface area contributed by atoms with E-state index in [0.717, 1.165) is 30.7 Å². The highest BCUT2D eigenvalue weighted by molar-refractivity contribution is 7.80. The molecule has 2 N–H and O–H groups in total. The third-order valence-corrected chi connectivity index (χ3v) is 4.39. The van der Waals surface area contributed by atoms with Crippen molar-refractivity contribution in [3.63, 3.8) is 0 Å². The van der Waals surface area contributed by atoms with Crippen LogP contribution in [0.4, 0.5) is 5.69 Å². The number of thiocarbonyl (C=S) groups is 1. The summed E-state index contributed by atoms with van der Waals surface area (Å²) in [6, 6.07) is 10.1. The fourth-order valence-corrected chi connectivity index (χ4v) is 3.23. The molecule has 6 heteroatoms. The summed E-state index contributed by atoms with van der Waals surface area (Å²) in [5.41, 5.74) is 3.45. The number of ether oxygens (including phenoxy) is 2. The molecule has 0 fully saturated rings. The maximum atomic E-state index is 5.45. The van der Waals surface area contributed by atoms with E-state index in [1.165, 1.54) is 11.1 Å². The molecule has 1 aliphatic carbocycles. The van der Waals surface area contributed by atoms with Gasteiger partial charge in [-0.1, -0.05) is 6.07 Å². The first-order valence-electron chi connectivity index (χ1n) is 7.94. The van der Waals surface area contributed by atoms with E-state index in [1.807, 2.05) is 12.1 Å². The van der Waals surface area contributed by atoms with Gasteiger partial charge in [0, 0.05) is 6.07 Å². The molecule has 1 aromatic carbocycles. The minimum atomic E-state index is 0.214. The number of benzene rings is 1. The van der Waals surface area contributed by atoms with Crippen LogP contribution in [0.2, 0.25) is 0 Å². The van der Waals surface area contributed by atoms with Crippen LogP contribution < -0.4 is 20.1 Å². The van der Waals surface area contributed by atoms with Crippen molar-refractivity contribution in [1.82, 2.24) is 10.3 Å². The van der Waals surface area contributed by atoms with E-state index < -0.39 is 0 Å². The molecule has 0 spiro atoms. The van der Waals surface area contributed by atoms with Crippen LogP contribution in [0.15, 0.2) is 36.5 Å². The van der Waals surface area contributed by atoms with E-state index in [9.17, 15) is 0 Å². The van der Waals surface area contributed by atoms with Crippen molar-refractivity contribution in [3.05, 3.63) is 47.7 Å². The maximum Gasteiger partial charge on any atom is 0.213 e. The van der Waals surface area contributed by atoms with Gasteiger partial charge >= 0.3 is 0 Å². The molecular weight excluding hydrogens is 322 g/mol. The Labute approximate surface area is 147 Å². The first kappa shape index (κ1) is 16.5. The number of nitrogens with one attached hydrogen (secondary N) is 2. The van der Waals surface area contributed by atoms with Gasteiger partial charge in [0.1, 0.15) is 5.75 Å². The number of fused-ring (bicyclic) bond motifs is 1. The number of hydrogen-bond acceptors (Lipinski definition) is 4. The van der Waals surface area contributed by atoms with Gasteiger partial charge < -0.3 is 20.1 Å². The average molecular weight is 343 g/mol. The second-order valence-electron chi connectivity index (χ2n) is 5.70. The lowest BCUT2D eigenvalue weighted by Crippen LogP contribution is -2.34. The topological polar surface area (TPSA) is 55.4 Å². The van der Waals surface area contributed by atoms with E-state index in [4.69, 9.17) is 21.7 Å². The fraction of sp³-hybridized carbons (Fsp3) is 0.333. The van der Waals surface area contributed by atoms with E-state index in [1.54, 1.807) is 26.5 Å². The molecule has 1 unspecified atom stereocenters. The molecule has 0 aliphatic heterocycles. The van der Waals surface area contributed by atoms with Crippen LogP contribution in [-0.2, 0) is 6.42 Å². The number of hydrogen-bond donors (Lipinski definition) is 2. The maximum absolute atomic E-state index is 5.45. The van der Waals surface area contributed by atoms with E-state index in [0.29, 0.717) is 11.0 Å². The molecule has 126 valence electrons. The lowest BCUT2D eigenvalue weighted by atomic mass is 9.87. The standard InChI is InChI=1S/C18H21N3O2S/c1-22-14-7-8-15-12(10-14)4-3-5-16(15)21-18(24)20-13-6-9-17(23-2)19-11-13/h6-11,16H,3-5H2,1-2H3,(H2,20,21,24). The fourth-order valence-electron chi connectivity index (χ4n) is 2.97. The summed E-state index contributed by atoms with van der Waals surface area (Å²) in [7, 11) is 3.29. The average Bonchev–Trinajstić information content (AvgIpc) is 2.62. The van der Waals surface area contributed by atoms with Gasteiger partial charge in [-0.15, -0.1) is 0 Å². The number of methoxy groups -OCH3 is 2. The molecule has 0 bridgehead atoms. The molecule has 0 saturated carbocycles. The van der Waals surface area contributed by atoms with Crippen LogP contribution in [0.5, 0.6) is 11.6 Å². The molecule has 0 radical (unpaired) electrons. The van der Waals surface area contributed by atoms with Crippen LogP contribution >= 0.6 is 12.2 Å². The van der Waals surface area contributed by atoms with Gasteiger partial charge in [0.25, 0.3) is 0 Å². The third kappa shape index (κ3) is 3.76. The molecule has 24 heavy (non-hydrogen) atoms. The summed E-state index contributed by atoms with van der Waals surface area (Å²) in [5, 5.41) is 7.17. The number of pyridine rings is 1. The zero-order valence-corrected chi connectivity index (χ0v) is 14.7. The highest BCUT2D eigenvalue weighted by Crippen LogP contribution is 2.32. The second-order valence-corrected chi connectivity index (χ2v) is 6.11. The van der Waals surface area contributed by atoms with Crippen LogP contribution in [0, 0.1) is 0 Å². The molecule has 3 rings (SSSR count). The number of rotatable bonds is 4. The minimum Gasteiger partial charge on any atom is -0.497 e. The Morgan fingerprint density at radius 3 is 2.79 bits per heavy atom. The first-order valence-corrected chi connectivity index (χ1v) is 8.35. The molecule has 1 aliphatic rings. The first-order chi connectivity index (χ1) is 11.7. The highest BCUT2D eigenvalue weighted by atomic mass is 32.1. The Morgan fingerprint density at radius 2 is 2.08 bits per heavy atom. The molecule has 1 atom stereocenters. The van der Waals surface area contributed by atoms with Gasteiger partial charge in [0.2, 0.25) is 5.88 Å². The Balaban J connectivity index is 1.66. The summed E-state index contributed by atoms with van der Waals surface area (Å²) in [6.07, 6.45) is 4.96. The van der Waals surface area contributed by atoms with Gasteiger partial charge in [-0.25, -0.2) is 4.98 Å². The summed E-state index contributed by atoms with van der Waals surface area (Å²) < 4.78 is 10.4. The van der Waals surface area contributed by atoms with Crippen LogP contribution in [0.3, 0.4) is 0 Å². The van der Waals surface area contributed by atoms with Gasteiger partial charge in [0.05, 0.1) is 32.1 Å². The largest absolute Gasteiger partial charge is 0.497 e. The van der Waals surface area contributed by atoms with Crippen LogP contribution in [0.1, 0.15) is 30.0 Å². The summed E-state index contributed by atoms with van der Waals surface area (Å²) in [5.74, 6) is 1.48. The molecule has 5 nitrogen and oxygen atoms in total. The number of nitrogens with zero attached hydrogens (tertiary/aromatic N) is 1. The van der Waals surface area contributed by atoms with Gasteiger partial charge in [0.15, 0.2) is 5.11 Å². The van der Waals surface area contributed by atoms with E-state index in [-0.39, 0.29) is 6.04 Å². The Bertz CT molecular complexity index is 719. The van der Waals surface area contributed by atoms with Crippen molar-refractivity contribution < 1.29 is 9.47 Å².